The van der Waals surface area contributed by atoms with E-state index in [0.717, 1.165) is 43.4 Å². The molecule has 0 saturated carbocycles. The molecule has 1 amide bonds. The summed E-state index contributed by atoms with van der Waals surface area (Å²) in [5, 5.41) is 3.13. The van der Waals surface area contributed by atoms with Gasteiger partial charge in [-0.15, -0.1) is 0 Å². The van der Waals surface area contributed by atoms with Crippen molar-refractivity contribution >= 4 is 5.91 Å². The van der Waals surface area contributed by atoms with Gasteiger partial charge >= 0.3 is 0 Å². The number of nitrogens with zero attached hydrogens (tertiary/aromatic N) is 1. The van der Waals surface area contributed by atoms with E-state index in [9.17, 15) is 13.6 Å². The largest absolute Gasteiger partial charge is 0.355 e. The maximum absolute atomic E-state index is 13.4. The molecule has 0 heterocycles. The molecule has 2 aromatic rings. The van der Waals surface area contributed by atoms with Crippen molar-refractivity contribution in [1.29, 1.82) is 0 Å². The molecule has 0 aliphatic carbocycles. The SMILES string of the molecule is CC(C)CCN(C)[C@@H](CC(C)C)C(=O)NCCCC(c1ccc(F)cc1)c1ccc(F)cc1. The van der Waals surface area contributed by atoms with Crippen LogP contribution < -0.4 is 5.32 Å². The Labute approximate surface area is 198 Å². The number of hydrogen-bond donors (Lipinski definition) is 1. The lowest BCUT2D eigenvalue weighted by atomic mass is 9.87. The lowest BCUT2D eigenvalue weighted by Gasteiger charge is -2.29. The average molecular weight is 459 g/mol. The fraction of sp³-hybridized carbons (Fsp3) is 0.536. The Balaban J connectivity index is 1.99. The lowest BCUT2D eigenvalue weighted by molar-refractivity contribution is -0.126. The van der Waals surface area contributed by atoms with Gasteiger partial charge in [0.05, 0.1) is 6.04 Å². The molecule has 2 rings (SSSR count). The number of likely N-dealkylation sites (N-methyl/N-ethyl adjacent to an activating group) is 1. The summed E-state index contributed by atoms with van der Waals surface area (Å²) in [5.41, 5.74) is 1.97. The fourth-order valence-corrected chi connectivity index (χ4v) is 4.10. The Morgan fingerprint density at radius 1 is 0.848 bits per heavy atom. The number of nitrogens with one attached hydrogen (secondary N) is 1. The van der Waals surface area contributed by atoms with Gasteiger partial charge in [-0.3, -0.25) is 9.69 Å². The second-order valence-corrected chi connectivity index (χ2v) is 9.90. The Bertz CT molecular complexity index is 788. The summed E-state index contributed by atoms with van der Waals surface area (Å²) in [6, 6.07) is 12.8. The summed E-state index contributed by atoms with van der Waals surface area (Å²) in [5.74, 6) is 0.579. The normalized spacial score (nSPS) is 12.7. The number of halogens is 2. The highest BCUT2D eigenvalue weighted by Crippen LogP contribution is 2.29. The molecule has 0 bridgehead atoms. The molecule has 2 aromatic carbocycles. The number of rotatable bonds is 13. The molecule has 0 aromatic heterocycles. The van der Waals surface area contributed by atoms with Gasteiger partial charge in [0.25, 0.3) is 0 Å². The van der Waals surface area contributed by atoms with E-state index in [1.165, 1.54) is 24.3 Å². The molecular weight excluding hydrogens is 418 g/mol. The molecule has 33 heavy (non-hydrogen) atoms. The Morgan fingerprint density at radius 3 is 1.82 bits per heavy atom. The van der Waals surface area contributed by atoms with Crippen molar-refractivity contribution in [2.24, 2.45) is 11.8 Å². The first-order chi connectivity index (χ1) is 15.7. The molecule has 3 nitrogen and oxygen atoms in total. The van der Waals surface area contributed by atoms with Crippen molar-refractivity contribution in [3.8, 4) is 0 Å². The lowest BCUT2D eigenvalue weighted by Crippen LogP contribution is -2.46. The van der Waals surface area contributed by atoms with E-state index in [1.807, 2.05) is 7.05 Å². The molecule has 0 aliphatic heterocycles. The number of amides is 1. The van der Waals surface area contributed by atoms with E-state index in [0.29, 0.717) is 18.4 Å². The van der Waals surface area contributed by atoms with Gasteiger partial charge in [0.15, 0.2) is 0 Å². The number of hydrogen-bond acceptors (Lipinski definition) is 2. The molecule has 0 unspecified atom stereocenters. The van der Waals surface area contributed by atoms with Gasteiger partial charge in [0, 0.05) is 12.5 Å². The third kappa shape index (κ3) is 9.24. The Morgan fingerprint density at radius 2 is 1.36 bits per heavy atom. The van der Waals surface area contributed by atoms with E-state index in [4.69, 9.17) is 0 Å². The monoisotopic (exact) mass is 458 g/mol. The zero-order chi connectivity index (χ0) is 24.4. The van der Waals surface area contributed by atoms with E-state index in [2.05, 4.69) is 37.9 Å². The quantitative estimate of drug-likeness (QED) is 0.353. The minimum Gasteiger partial charge on any atom is -0.355 e. The van der Waals surface area contributed by atoms with Crippen LogP contribution in [0.3, 0.4) is 0 Å². The van der Waals surface area contributed by atoms with Crippen molar-refractivity contribution in [2.75, 3.05) is 20.1 Å². The van der Waals surface area contributed by atoms with Crippen LogP contribution in [0.1, 0.15) is 70.4 Å². The standard InChI is InChI=1S/C28H40F2N2O/c1-20(2)16-18-32(5)27(19-21(3)4)28(33)31-17-6-7-26(22-8-12-24(29)13-9-22)23-10-14-25(30)15-11-23/h8-15,20-21,26-27H,6-7,16-19H2,1-5H3,(H,31,33)/t27-/m0/s1. The predicted molar refractivity (Wildman–Crippen MR) is 132 cm³/mol. The van der Waals surface area contributed by atoms with Crippen molar-refractivity contribution < 1.29 is 13.6 Å². The highest BCUT2D eigenvalue weighted by molar-refractivity contribution is 5.81. The highest BCUT2D eigenvalue weighted by Gasteiger charge is 2.24. The summed E-state index contributed by atoms with van der Waals surface area (Å²) < 4.78 is 26.9. The zero-order valence-electron chi connectivity index (χ0n) is 20.8. The van der Waals surface area contributed by atoms with Crippen molar-refractivity contribution in [3.63, 3.8) is 0 Å². The van der Waals surface area contributed by atoms with Crippen LogP contribution in [-0.4, -0.2) is 37.0 Å². The molecular formula is C28H40F2N2O. The van der Waals surface area contributed by atoms with Crippen molar-refractivity contribution in [2.45, 2.75) is 65.3 Å². The summed E-state index contributed by atoms with van der Waals surface area (Å²) in [4.78, 5) is 15.2. The van der Waals surface area contributed by atoms with Crippen LogP contribution in [-0.2, 0) is 4.79 Å². The molecule has 0 aliphatic rings. The predicted octanol–water partition coefficient (Wildman–Crippen LogP) is 6.39. The first kappa shape index (κ1) is 27.0. The van der Waals surface area contributed by atoms with Gasteiger partial charge in [0.2, 0.25) is 5.91 Å². The molecule has 182 valence electrons. The average Bonchev–Trinajstić information content (AvgIpc) is 2.77. The molecule has 1 atom stereocenters. The molecule has 0 saturated heterocycles. The van der Waals surface area contributed by atoms with Crippen molar-refractivity contribution in [3.05, 3.63) is 71.3 Å². The number of benzene rings is 2. The van der Waals surface area contributed by atoms with Gasteiger partial charge in [0.1, 0.15) is 11.6 Å². The van der Waals surface area contributed by atoms with Crippen molar-refractivity contribution in [1.82, 2.24) is 10.2 Å². The van der Waals surface area contributed by atoms with E-state index in [-0.39, 0.29) is 29.5 Å². The second kappa shape index (κ2) is 13.4. The summed E-state index contributed by atoms with van der Waals surface area (Å²) in [6.07, 6.45) is 3.44. The number of carbonyl (C=O) groups excluding carboxylic acids is 1. The molecule has 1 N–H and O–H groups in total. The van der Waals surface area contributed by atoms with Crippen LogP contribution in [0.5, 0.6) is 0 Å². The highest BCUT2D eigenvalue weighted by atomic mass is 19.1. The first-order valence-electron chi connectivity index (χ1n) is 12.2. The van der Waals surface area contributed by atoms with Crippen LogP contribution in [0.25, 0.3) is 0 Å². The summed E-state index contributed by atoms with van der Waals surface area (Å²) in [7, 11) is 2.04. The van der Waals surface area contributed by atoms with Crippen LogP contribution in [0.4, 0.5) is 8.78 Å². The molecule has 0 radical (unpaired) electrons. The van der Waals surface area contributed by atoms with E-state index in [1.54, 1.807) is 24.3 Å². The van der Waals surface area contributed by atoms with E-state index < -0.39 is 0 Å². The third-order valence-electron chi connectivity index (χ3n) is 6.10. The Kier molecular flexibility index (Phi) is 11.0. The van der Waals surface area contributed by atoms with Crippen LogP contribution in [0.2, 0.25) is 0 Å². The van der Waals surface area contributed by atoms with Gasteiger partial charge < -0.3 is 5.32 Å². The summed E-state index contributed by atoms with van der Waals surface area (Å²) in [6.45, 7) is 10.2. The summed E-state index contributed by atoms with van der Waals surface area (Å²) >= 11 is 0. The second-order valence-electron chi connectivity index (χ2n) is 9.90. The smallest absolute Gasteiger partial charge is 0.237 e. The van der Waals surface area contributed by atoms with Gasteiger partial charge in [-0.25, -0.2) is 8.78 Å². The maximum Gasteiger partial charge on any atom is 0.237 e. The fourth-order valence-electron chi connectivity index (χ4n) is 4.10. The minimum absolute atomic E-state index is 0.0169. The maximum atomic E-state index is 13.4. The topological polar surface area (TPSA) is 32.3 Å². The van der Waals surface area contributed by atoms with Gasteiger partial charge in [-0.05, 0) is 86.5 Å². The van der Waals surface area contributed by atoms with Crippen LogP contribution in [0, 0.1) is 23.5 Å². The van der Waals surface area contributed by atoms with Gasteiger partial charge in [-0.2, -0.15) is 0 Å². The van der Waals surface area contributed by atoms with E-state index >= 15 is 0 Å². The Hall–Kier alpha value is -2.27. The van der Waals surface area contributed by atoms with Crippen LogP contribution in [0.15, 0.2) is 48.5 Å². The van der Waals surface area contributed by atoms with Crippen LogP contribution >= 0.6 is 0 Å². The van der Waals surface area contributed by atoms with Gasteiger partial charge in [-0.1, -0.05) is 52.0 Å². The number of carbonyl (C=O) groups is 1. The zero-order valence-corrected chi connectivity index (χ0v) is 20.8. The molecule has 0 fully saturated rings. The molecule has 5 heteroatoms. The minimum atomic E-state index is -0.276. The first-order valence-corrected chi connectivity index (χ1v) is 12.2. The third-order valence-corrected chi connectivity index (χ3v) is 6.10. The molecule has 0 spiro atoms.